The van der Waals surface area contributed by atoms with E-state index in [2.05, 4.69) is 19.2 Å². The maximum absolute atomic E-state index is 11.8. The third-order valence-electron chi connectivity index (χ3n) is 5.31. The van der Waals surface area contributed by atoms with Gasteiger partial charge in [0, 0.05) is 6.26 Å². The van der Waals surface area contributed by atoms with E-state index in [0.717, 1.165) is 44.2 Å². The van der Waals surface area contributed by atoms with Crippen LogP contribution in [0.4, 0.5) is 0 Å². The fourth-order valence-corrected chi connectivity index (χ4v) is 5.18. The van der Waals surface area contributed by atoms with E-state index in [4.69, 9.17) is 0 Å². The molecule has 2 fully saturated rings. The molecular weight excluding hydrogens is 270 g/mol. The quantitative estimate of drug-likeness (QED) is 0.820. The Morgan fingerprint density at radius 2 is 1.90 bits per heavy atom. The molecule has 0 bridgehead atoms. The van der Waals surface area contributed by atoms with Gasteiger partial charge >= 0.3 is 0 Å². The molecule has 0 aromatic rings. The van der Waals surface area contributed by atoms with Gasteiger partial charge in [-0.05, 0) is 62.4 Å². The van der Waals surface area contributed by atoms with Crippen LogP contribution in [0.15, 0.2) is 0 Å². The lowest BCUT2D eigenvalue weighted by Gasteiger charge is -2.45. The van der Waals surface area contributed by atoms with Crippen LogP contribution in [-0.2, 0) is 9.84 Å². The molecule has 1 N–H and O–H groups in total. The first-order valence-electron chi connectivity index (χ1n) is 8.27. The standard InChI is InChI=1S/C16H31NO2S/c1-12(2)10-17-11-14-7-8-16(14)13-5-4-6-15(9-13)20(3,18)19/h12-17H,4-11H2,1-3H3. The van der Waals surface area contributed by atoms with Crippen LogP contribution < -0.4 is 5.32 Å². The zero-order chi connectivity index (χ0) is 14.8. The summed E-state index contributed by atoms with van der Waals surface area (Å²) in [7, 11) is -2.84. The number of sulfone groups is 1. The largest absolute Gasteiger partial charge is 0.316 e. The van der Waals surface area contributed by atoms with E-state index in [9.17, 15) is 8.42 Å². The van der Waals surface area contributed by atoms with E-state index in [1.54, 1.807) is 0 Å². The zero-order valence-corrected chi connectivity index (χ0v) is 14.1. The predicted molar refractivity (Wildman–Crippen MR) is 84.5 cm³/mol. The Balaban J connectivity index is 1.82. The first kappa shape index (κ1) is 16.3. The van der Waals surface area contributed by atoms with Gasteiger partial charge in [0.1, 0.15) is 9.84 Å². The maximum Gasteiger partial charge on any atom is 0.150 e. The fourth-order valence-electron chi connectivity index (χ4n) is 3.99. The average Bonchev–Trinajstić information content (AvgIpc) is 2.32. The second kappa shape index (κ2) is 6.78. The summed E-state index contributed by atoms with van der Waals surface area (Å²) < 4.78 is 23.6. The van der Waals surface area contributed by atoms with Crippen molar-refractivity contribution in [2.75, 3.05) is 19.3 Å². The summed E-state index contributed by atoms with van der Waals surface area (Å²) in [6, 6.07) is 0. The van der Waals surface area contributed by atoms with E-state index >= 15 is 0 Å². The molecule has 118 valence electrons. The highest BCUT2D eigenvalue weighted by Crippen LogP contribution is 2.45. The molecule has 0 spiro atoms. The average molecular weight is 301 g/mol. The van der Waals surface area contributed by atoms with Gasteiger partial charge < -0.3 is 5.32 Å². The third kappa shape index (κ3) is 4.20. The van der Waals surface area contributed by atoms with Gasteiger partial charge in [0.25, 0.3) is 0 Å². The lowest BCUT2D eigenvalue weighted by atomic mass is 9.63. The van der Waals surface area contributed by atoms with Crippen LogP contribution in [0.3, 0.4) is 0 Å². The van der Waals surface area contributed by atoms with Gasteiger partial charge in [-0.2, -0.15) is 0 Å². The fraction of sp³-hybridized carbons (Fsp3) is 1.00. The van der Waals surface area contributed by atoms with Gasteiger partial charge in [-0.25, -0.2) is 8.42 Å². The minimum Gasteiger partial charge on any atom is -0.316 e. The maximum atomic E-state index is 11.8. The number of hydrogen-bond donors (Lipinski definition) is 1. The topological polar surface area (TPSA) is 46.2 Å². The van der Waals surface area contributed by atoms with E-state index in [1.165, 1.54) is 25.5 Å². The Morgan fingerprint density at radius 3 is 2.45 bits per heavy atom. The smallest absolute Gasteiger partial charge is 0.150 e. The first-order chi connectivity index (χ1) is 9.38. The van der Waals surface area contributed by atoms with Crippen molar-refractivity contribution in [2.45, 2.75) is 57.6 Å². The molecule has 0 radical (unpaired) electrons. The van der Waals surface area contributed by atoms with Gasteiger partial charge in [0.2, 0.25) is 0 Å². The molecule has 0 heterocycles. The molecule has 3 nitrogen and oxygen atoms in total. The third-order valence-corrected chi connectivity index (χ3v) is 6.95. The molecule has 4 atom stereocenters. The second-order valence-corrected chi connectivity index (χ2v) is 9.76. The minimum atomic E-state index is -2.84. The molecule has 2 rings (SSSR count). The molecule has 0 aliphatic heterocycles. The van der Waals surface area contributed by atoms with Gasteiger partial charge in [0.15, 0.2) is 0 Å². The van der Waals surface area contributed by atoms with Crippen LogP contribution >= 0.6 is 0 Å². The minimum absolute atomic E-state index is 0.0638. The highest BCUT2D eigenvalue weighted by Gasteiger charge is 2.40. The predicted octanol–water partition coefficient (Wildman–Crippen LogP) is 2.86. The Kier molecular flexibility index (Phi) is 5.52. The molecule has 0 aromatic carbocycles. The van der Waals surface area contributed by atoms with Crippen LogP contribution in [0, 0.1) is 23.7 Å². The van der Waals surface area contributed by atoms with Gasteiger partial charge in [-0.1, -0.05) is 26.7 Å². The number of nitrogens with one attached hydrogen (secondary N) is 1. The zero-order valence-electron chi connectivity index (χ0n) is 13.3. The summed E-state index contributed by atoms with van der Waals surface area (Å²) in [6.07, 6.45) is 8.22. The lowest BCUT2D eigenvalue weighted by Crippen LogP contribution is -2.42. The Hall–Kier alpha value is -0.0900. The number of rotatable bonds is 6. The first-order valence-corrected chi connectivity index (χ1v) is 10.2. The summed E-state index contributed by atoms with van der Waals surface area (Å²) in [5, 5.41) is 3.52. The van der Waals surface area contributed by atoms with Crippen LogP contribution in [0.2, 0.25) is 0 Å². The molecule has 0 saturated heterocycles. The lowest BCUT2D eigenvalue weighted by molar-refractivity contribution is 0.0790. The summed E-state index contributed by atoms with van der Waals surface area (Å²) >= 11 is 0. The molecule has 2 aliphatic carbocycles. The van der Waals surface area contributed by atoms with E-state index < -0.39 is 9.84 Å². The van der Waals surface area contributed by atoms with E-state index in [1.807, 2.05) is 0 Å². The van der Waals surface area contributed by atoms with Crippen molar-refractivity contribution in [3.63, 3.8) is 0 Å². The summed E-state index contributed by atoms with van der Waals surface area (Å²) in [5.74, 6) is 2.93. The molecular formula is C16H31NO2S. The summed E-state index contributed by atoms with van der Waals surface area (Å²) in [6.45, 7) is 6.70. The number of hydrogen-bond acceptors (Lipinski definition) is 3. The molecule has 0 aromatic heterocycles. The van der Waals surface area contributed by atoms with Crippen LogP contribution in [0.1, 0.15) is 52.4 Å². The van der Waals surface area contributed by atoms with Crippen molar-refractivity contribution in [2.24, 2.45) is 23.7 Å². The molecule has 2 saturated carbocycles. The SMILES string of the molecule is CC(C)CNCC1CCC1C1CCCC(S(C)(=O)=O)C1. The van der Waals surface area contributed by atoms with Gasteiger partial charge in [-0.15, -0.1) is 0 Å². The molecule has 4 heteroatoms. The summed E-state index contributed by atoms with van der Waals surface area (Å²) in [4.78, 5) is 0. The van der Waals surface area contributed by atoms with Crippen LogP contribution in [0.5, 0.6) is 0 Å². The Bertz CT molecular complexity index is 405. The monoisotopic (exact) mass is 301 g/mol. The van der Waals surface area contributed by atoms with E-state index in [-0.39, 0.29) is 5.25 Å². The van der Waals surface area contributed by atoms with Crippen LogP contribution in [-0.4, -0.2) is 33.0 Å². The van der Waals surface area contributed by atoms with Crippen LogP contribution in [0.25, 0.3) is 0 Å². The van der Waals surface area contributed by atoms with Crippen molar-refractivity contribution in [3.05, 3.63) is 0 Å². The Labute approximate surface area is 124 Å². The van der Waals surface area contributed by atoms with Gasteiger partial charge in [0.05, 0.1) is 5.25 Å². The highest BCUT2D eigenvalue weighted by atomic mass is 32.2. The van der Waals surface area contributed by atoms with Crippen molar-refractivity contribution in [1.82, 2.24) is 5.32 Å². The molecule has 0 amide bonds. The molecule has 20 heavy (non-hydrogen) atoms. The second-order valence-electron chi connectivity index (χ2n) is 7.43. The van der Waals surface area contributed by atoms with Crippen molar-refractivity contribution >= 4 is 9.84 Å². The van der Waals surface area contributed by atoms with Crippen molar-refractivity contribution < 1.29 is 8.42 Å². The van der Waals surface area contributed by atoms with E-state index in [0.29, 0.717) is 11.8 Å². The molecule has 2 aliphatic rings. The highest BCUT2D eigenvalue weighted by molar-refractivity contribution is 7.91. The van der Waals surface area contributed by atoms with Gasteiger partial charge in [-0.3, -0.25) is 0 Å². The normalized spacial score (nSPS) is 35.0. The summed E-state index contributed by atoms with van der Waals surface area (Å²) in [5.41, 5.74) is 0. The van der Waals surface area contributed by atoms with Crippen molar-refractivity contribution in [3.8, 4) is 0 Å². The van der Waals surface area contributed by atoms with Crippen molar-refractivity contribution in [1.29, 1.82) is 0 Å². The molecule has 4 unspecified atom stereocenters. The Morgan fingerprint density at radius 1 is 1.15 bits per heavy atom.